The number of nitrogens with zero attached hydrogens (tertiary/aromatic N) is 3. The van der Waals surface area contributed by atoms with E-state index in [1.165, 1.54) is 11.9 Å². The van der Waals surface area contributed by atoms with Gasteiger partial charge in [0.25, 0.3) is 5.88 Å². The molecule has 0 unspecified atom stereocenters. The Bertz CT molecular complexity index is 746. The van der Waals surface area contributed by atoms with Crippen LogP contribution in [-0.4, -0.2) is 16.2 Å². The molecule has 0 aliphatic carbocycles. The minimum absolute atomic E-state index is 0.457. The molecular formula is C16H13N3O. The SMILES string of the molecule is Cc1ccc(/C=N\Oc2ncnc3ccccc23)cc1. The van der Waals surface area contributed by atoms with E-state index in [9.17, 15) is 0 Å². The number of aryl methyl sites for hydroxylation is 1. The average Bonchev–Trinajstić information content (AvgIpc) is 2.49. The van der Waals surface area contributed by atoms with Gasteiger partial charge in [-0.1, -0.05) is 47.1 Å². The molecular weight excluding hydrogens is 250 g/mol. The van der Waals surface area contributed by atoms with E-state index in [1.807, 2.05) is 55.5 Å². The van der Waals surface area contributed by atoms with Crippen molar-refractivity contribution >= 4 is 17.1 Å². The number of rotatable bonds is 3. The summed E-state index contributed by atoms with van der Waals surface area (Å²) in [5.74, 6) is 0.457. The highest BCUT2D eigenvalue weighted by Crippen LogP contribution is 2.20. The Morgan fingerprint density at radius 1 is 1.00 bits per heavy atom. The fourth-order valence-electron chi connectivity index (χ4n) is 1.84. The Morgan fingerprint density at radius 2 is 1.80 bits per heavy atom. The van der Waals surface area contributed by atoms with Gasteiger partial charge in [-0.2, -0.15) is 4.98 Å². The average molecular weight is 263 g/mol. The van der Waals surface area contributed by atoms with Crippen LogP contribution in [0.2, 0.25) is 0 Å². The summed E-state index contributed by atoms with van der Waals surface area (Å²) in [5.41, 5.74) is 3.03. The largest absolute Gasteiger partial charge is 0.336 e. The molecule has 0 amide bonds. The predicted molar refractivity (Wildman–Crippen MR) is 78.9 cm³/mol. The van der Waals surface area contributed by atoms with Crippen LogP contribution in [0.15, 0.2) is 60.0 Å². The lowest BCUT2D eigenvalue weighted by molar-refractivity contribution is 0.334. The molecule has 1 heterocycles. The van der Waals surface area contributed by atoms with Crippen molar-refractivity contribution in [3.05, 3.63) is 66.0 Å². The van der Waals surface area contributed by atoms with Crippen molar-refractivity contribution in [3.8, 4) is 5.88 Å². The molecule has 3 rings (SSSR count). The molecule has 0 spiro atoms. The van der Waals surface area contributed by atoms with Crippen LogP contribution in [0, 0.1) is 6.92 Å². The van der Waals surface area contributed by atoms with E-state index in [2.05, 4.69) is 15.1 Å². The third kappa shape index (κ3) is 2.64. The minimum atomic E-state index is 0.457. The fraction of sp³-hybridized carbons (Fsp3) is 0.0625. The molecule has 0 saturated carbocycles. The maximum Gasteiger partial charge on any atom is 0.259 e. The van der Waals surface area contributed by atoms with Gasteiger partial charge in [-0.3, -0.25) is 0 Å². The molecule has 0 atom stereocenters. The third-order valence-electron chi connectivity index (χ3n) is 2.92. The summed E-state index contributed by atoms with van der Waals surface area (Å²) in [4.78, 5) is 13.7. The Balaban J connectivity index is 1.81. The maximum atomic E-state index is 5.37. The molecule has 4 nitrogen and oxygen atoms in total. The highest BCUT2D eigenvalue weighted by Gasteiger charge is 2.03. The Morgan fingerprint density at radius 3 is 2.65 bits per heavy atom. The van der Waals surface area contributed by atoms with Crippen molar-refractivity contribution in [1.29, 1.82) is 0 Å². The van der Waals surface area contributed by atoms with Gasteiger partial charge in [0, 0.05) is 0 Å². The molecule has 0 aliphatic rings. The van der Waals surface area contributed by atoms with Crippen molar-refractivity contribution in [2.24, 2.45) is 5.16 Å². The number of benzene rings is 2. The van der Waals surface area contributed by atoms with Gasteiger partial charge in [0.15, 0.2) is 0 Å². The van der Waals surface area contributed by atoms with E-state index >= 15 is 0 Å². The quantitative estimate of drug-likeness (QED) is 0.537. The summed E-state index contributed by atoms with van der Waals surface area (Å²) in [5, 5.41) is 4.82. The topological polar surface area (TPSA) is 47.4 Å². The predicted octanol–water partition coefficient (Wildman–Crippen LogP) is 3.35. The van der Waals surface area contributed by atoms with Gasteiger partial charge in [-0.15, -0.1) is 0 Å². The summed E-state index contributed by atoms with van der Waals surface area (Å²) in [7, 11) is 0. The van der Waals surface area contributed by atoms with Crippen LogP contribution in [0.25, 0.3) is 10.9 Å². The Labute approximate surface area is 116 Å². The van der Waals surface area contributed by atoms with Crippen molar-refractivity contribution in [2.45, 2.75) is 6.92 Å². The van der Waals surface area contributed by atoms with Crippen LogP contribution in [0.3, 0.4) is 0 Å². The van der Waals surface area contributed by atoms with Crippen LogP contribution in [-0.2, 0) is 0 Å². The van der Waals surface area contributed by atoms with Crippen LogP contribution in [0.5, 0.6) is 5.88 Å². The second-order valence-corrected chi connectivity index (χ2v) is 4.43. The van der Waals surface area contributed by atoms with E-state index < -0.39 is 0 Å². The number of fused-ring (bicyclic) bond motifs is 1. The minimum Gasteiger partial charge on any atom is -0.336 e. The normalized spacial score (nSPS) is 11.1. The highest BCUT2D eigenvalue weighted by atomic mass is 16.6. The summed E-state index contributed by atoms with van der Waals surface area (Å²) in [6, 6.07) is 15.7. The lowest BCUT2D eigenvalue weighted by Gasteiger charge is -2.01. The zero-order chi connectivity index (χ0) is 13.8. The maximum absolute atomic E-state index is 5.37. The Kier molecular flexibility index (Phi) is 3.37. The van der Waals surface area contributed by atoms with Gasteiger partial charge in [-0.05, 0) is 24.6 Å². The molecule has 20 heavy (non-hydrogen) atoms. The first kappa shape index (κ1) is 12.3. The van der Waals surface area contributed by atoms with Crippen molar-refractivity contribution in [3.63, 3.8) is 0 Å². The van der Waals surface area contributed by atoms with Gasteiger partial charge in [-0.25, -0.2) is 4.98 Å². The second-order valence-electron chi connectivity index (χ2n) is 4.43. The summed E-state index contributed by atoms with van der Waals surface area (Å²) < 4.78 is 0. The van der Waals surface area contributed by atoms with Crippen LogP contribution in [0.1, 0.15) is 11.1 Å². The van der Waals surface area contributed by atoms with E-state index in [0.717, 1.165) is 16.5 Å². The standard InChI is InChI=1S/C16H13N3O/c1-12-6-8-13(9-7-12)10-19-20-16-14-4-2-3-5-15(14)17-11-18-16/h2-11H,1H3/b19-10-. The van der Waals surface area contributed by atoms with Crippen molar-refractivity contribution < 1.29 is 4.84 Å². The summed E-state index contributed by atoms with van der Waals surface area (Å²) in [6.07, 6.45) is 3.13. The number of hydrogen-bond donors (Lipinski definition) is 0. The van der Waals surface area contributed by atoms with Gasteiger partial charge < -0.3 is 4.84 Å². The molecule has 0 N–H and O–H groups in total. The van der Waals surface area contributed by atoms with Crippen molar-refractivity contribution in [1.82, 2.24) is 9.97 Å². The smallest absolute Gasteiger partial charge is 0.259 e. The van der Waals surface area contributed by atoms with Gasteiger partial charge in [0.1, 0.15) is 6.33 Å². The van der Waals surface area contributed by atoms with Gasteiger partial charge >= 0.3 is 0 Å². The molecule has 3 aromatic rings. The number of oxime groups is 1. The Hall–Kier alpha value is -2.75. The molecule has 1 aromatic heterocycles. The third-order valence-corrected chi connectivity index (χ3v) is 2.92. The number of para-hydroxylation sites is 1. The van der Waals surface area contributed by atoms with E-state index in [4.69, 9.17) is 4.84 Å². The number of hydrogen-bond acceptors (Lipinski definition) is 4. The lowest BCUT2D eigenvalue weighted by atomic mass is 10.2. The highest BCUT2D eigenvalue weighted by molar-refractivity contribution is 5.83. The van der Waals surface area contributed by atoms with E-state index in [0.29, 0.717) is 5.88 Å². The van der Waals surface area contributed by atoms with E-state index in [1.54, 1.807) is 6.21 Å². The first-order valence-electron chi connectivity index (χ1n) is 6.30. The van der Waals surface area contributed by atoms with Crippen LogP contribution in [0.4, 0.5) is 0 Å². The zero-order valence-electron chi connectivity index (χ0n) is 11.0. The monoisotopic (exact) mass is 263 g/mol. The summed E-state index contributed by atoms with van der Waals surface area (Å²) in [6.45, 7) is 2.05. The lowest BCUT2D eigenvalue weighted by Crippen LogP contribution is -1.92. The van der Waals surface area contributed by atoms with E-state index in [-0.39, 0.29) is 0 Å². The molecule has 0 saturated heterocycles. The molecule has 0 fully saturated rings. The fourth-order valence-corrected chi connectivity index (χ4v) is 1.84. The second kappa shape index (κ2) is 5.48. The van der Waals surface area contributed by atoms with Crippen LogP contribution < -0.4 is 4.84 Å². The molecule has 0 radical (unpaired) electrons. The zero-order valence-corrected chi connectivity index (χ0v) is 11.0. The first-order valence-corrected chi connectivity index (χ1v) is 6.30. The molecule has 98 valence electrons. The van der Waals surface area contributed by atoms with Crippen LogP contribution >= 0.6 is 0 Å². The molecule has 4 heteroatoms. The first-order chi connectivity index (χ1) is 9.83. The number of aromatic nitrogens is 2. The summed E-state index contributed by atoms with van der Waals surface area (Å²) >= 11 is 0. The molecule has 0 aliphatic heterocycles. The van der Waals surface area contributed by atoms with Gasteiger partial charge in [0.05, 0.1) is 17.1 Å². The molecule has 2 aromatic carbocycles. The van der Waals surface area contributed by atoms with Gasteiger partial charge in [0.2, 0.25) is 0 Å². The molecule has 0 bridgehead atoms. The van der Waals surface area contributed by atoms with Crippen molar-refractivity contribution in [2.75, 3.05) is 0 Å².